The van der Waals surface area contributed by atoms with Gasteiger partial charge in [0.05, 0.1) is 7.11 Å². The second-order valence-corrected chi connectivity index (χ2v) is 2.96. The van der Waals surface area contributed by atoms with E-state index < -0.39 is 18.4 Å². The third kappa shape index (κ3) is 2.83. The molecule has 0 aromatic heterocycles. The summed E-state index contributed by atoms with van der Waals surface area (Å²) in [6.45, 7) is 1.15. The molecular formula is C10H11FO4. The van der Waals surface area contributed by atoms with Gasteiger partial charge in [0.2, 0.25) is 0 Å². The first-order chi connectivity index (χ1) is 7.04. The van der Waals surface area contributed by atoms with Gasteiger partial charge in [-0.3, -0.25) is 0 Å². The van der Waals surface area contributed by atoms with Crippen LogP contribution in [0.2, 0.25) is 0 Å². The highest BCUT2D eigenvalue weighted by molar-refractivity contribution is 5.68. The van der Waals surface area contributed by atoms with Crippen LogP contribution in [0, 0.1) is 12.7 Å². The second-order valence-electron chi connectivity index (χ2n) is 2.96. The van der Waals surface area contributed by atoms with Crippen LogP contribution in [0.3, 0.4) is 0 Å². The van der Waals surface area contributed by atoms with Gasteiger partial charge in [0.15, 0.2) is 23.9 Å². The van der Waals surface area contributed by atoms with Crippen molar-refractivity contribution >= 4 is 5.97 Å². The third-order valence-electron chi connectivity index (χ3n) is 1.71. The first-order valence-electron chi connectivity index (χ1n) is 4.23. The predicted molar refractivity (Wildman–Crippen MR) is 50.8 cm³/mol. The Morgan fingerprint density at radius 2 is 2.20 bits per heavy atom. The molecule has 0 heterocycles. The van der Waals surface area contributed by atoms with Gasteiger partial charge in [-0.1, -0.05) is 0 Å². The van der Waals surface area contributed by atoms with Gasteiger partial charge in [-0.25, -0.2) is 9.18 Å². The van der Waals surface area contributed by atoms with E-state index in [2.05, 4.69) is 0 Å². The van der Waals surface area contributed by atoms with Crippen LogP contribution < -0.4 is 9.47 Å². The summed E-state index contributed by atoms with van der Waals surface area (Å²) in [6.07, 6.45) is 0. The van der Waals surface area contributed by atoms with Crippen LogP contribution in [-0.2, 0) is 4.79 Å². The molecule has 0 saturated heterocycles. The molecule has 0 aliphatic rings. The summed E-state index contributed by atoms with van der Waals surface area (Å²) in [4.78, 5) is 10.3. The molecule has 0 atom stereocenters. The first kappa shape index (κ1) is 11.3. The number of hydrogen-bond donors (Lipinski definition) is 1. The van der Waals surface area contributed by atoms with Gasteiger partial charge in [-0.15, -0.1) is 0 Å². The maximum atomic E-state index is 13.3. The Morgan fingerprint density at radius 3 is 2.73 bits per heavy atom. The molecule has 0 spiro atoms. The lowest BCUT2D eigenvalue weighted by molar-refractivity contribution is -0.139. The average molecular weight is 214 g/mol. The summed E-state index contributed by atoms with van der Waals surface area (Å²) in [5.74, 6) is -1.68. The predicted octanol–water partition coefficient (Wildman–Crippen LogP) is 1.61. The Balaban J connectivity index is 2.98. The van der Waals surface area contributed by atoms with E-state index in [0.29, 0.717) is 5.56 Å². The molecule has 0 aliphatic carbocycles. The van der Waals surface area contributed by atoms with E-state index in [-0.39, 0.29) is 11.5 Å². The number of aliphatic carboxylic acids is 1. The number of hydrogen-bond acceptors (Lipinski definition) is 3. The molecule has 82 valence electrons. The Labute approximate surface area is 86.2 Å². The maximum absolute atomic E-state index is 13.3. The minimum Gasteiger partial charge on any atom is -0.490 e. The van der Waals surface area contributed by atoms with Crippen molar-refractivity contribution in [2.45, 2.75) is 6.92 Å². The van der Waals surface area contributed by atoms with Crippen molar-refractivity contribution in [1.82, 2.24) is 0 Å². The molecule has 0 bridgehead atoms. The average Bonchev–Trinajstić information content (AvgIpc) is 2.13. The largest absolute Gasteiger partial charge is 0.490 e. The lowest BCUT2D eigenvalue weighted by Crippen LogP contribution is -2.10. The van der Waals surface area contributed by atoms with Gasteiger partial charge in [0.1, 0.15) is 0 Å². The molecule has 0 unspecified atom stereocenters. The van der Waals surface area contributed by atoms with Crippen molar-refractivity contribution in [3.05, 3.63) is 23.5 Å². The summed E-state index contributed by atoms with van der Waals surface area (Å²) in [6, 6.07) is 2.80. The minimum atomic E-state index is -1.13. The number of carboxylic acid groups (broad SMARTS) is 1. The van der Waals surface area contributed by atoms with E-state index in [4.69, 9.17) is 14.6 Å². The zero-order valence-corrected chi connectivity index (χ0v) is 8.41. The summed E-state index contributed by atoms with van der Waals surface area (Å²) in [7, 11) is 1.29. The molecule has 0 amide bonds. The zero-order valence-electron chi connectivity index (χ0n) is 8.41. The molecule has 0 aliphatic heterocycles. The highest BCUT2D eigenvalue weighted by Crippen LogP contribution is 2.31. The highest BCUT2D eigenvalue weighted by Gasteiger charge is 2.12. The third-order valence-corrected chi connectivity index (χ3v) is 1.71. The van der Waals surface area contributed by atoms with E-state index in [9.17, 15) is 9.18 Å². The van der Waals surface area contributed by atoms with Crippen molar-refractivity contribution in [3.8, 4) is 11.5 Å². The molecule has 0 radical (unpaired) electrons. The fraction of sp³-hybridized carbons (Fsp3) is 0.300. The molecule has 15 heavy (non-hydrogen) atoms. The summed E-state index contributed by atoms with van der Waals surface area (Å²) < 4.78 is 22.9. The van der Waals surface area contributed by atoms with Gasteiger partial charge >= 0.3 is 5.97 Å². The first-order valence-corrected chi connectivity index (χ1v) is 4.23. The fourth-order valence-electron chi connectivity index (χ4n) is 1.14. The van der Waals surface area contributed by atoms with Gasteiger partial charge in [-0.2, -0.15) is 0 Å². The summed E-state index contributed by atoms with van der Waals surface area (Å²) in [5, 5.41) is 8.42. The van der Waals surface area contributed by atoms with Crippen LogP contribution >= 0.6 is 0 Å². The Bertz CT molecular complexity index is 376. The number of rotatable bonds is 4. The Kier molecular flexibility index (Phi) is 3.49. The van der Waals surface area contributed by atoms with Gasteiger partial charge in [-0.05, 0) is 24.6 Å². The standard InChI is InChI=1S/C10H11FO4/c1-6-3-7(11)10(14-2)8(4-6)15-5-9(12)13/h3-4H,5H2,1-2H3,(H,12,13). The molecule has 0 saturated carbocycles. The molecule has 1 aromatic rings. The highest BCUT2D eigenvalue weighted by atomic mass is 19.1. The lowest BCUT2D eigenvalue weighted by Gasteiger charge is -2.10. The number of ether oxygens (including phenoxy) is 2. The fourth-order valence-corrected chi connectivity index (χ4v) is 1.14. The van der Waals surface area contributed by atoms with Crippen molar-refractivity contribution in [3.63, 3.8) is 0 Å². The number of benzene rings is 1. The number of carboxylic acids is 1. The van der Waals surface area contributed by atoms with Crippen molar-refractivity contribution in [2.75, 3.05) is 13.7 Å². The lowest BCUT2D eigenvalue weighted by atomic mass is 10.2. The van der Waals surface area contributed by atoms with Crippen molar-refractivity contribution in [1.29, 1.82) is 0 Å². The normalized spacial score (nSPS) is 9.80. The van der Waals surface area contributed by atoms with E-state index in [1.165, 1.54) is 19.2 Å². The van der Waals surface area contributed by atoms with Crippen LogP contribution in [0.15, 0.2) is 12.1 Å². The number of methoxy groups -OCH3 is 1. The number of carbonyl (C=O) groups is 1. The van der Waals surface area contributed by atoms with Crippen LogP contribution in [0.5, 0.6) is 11.5 Å². The van der Waals surface area contributed by atoms with Crippen molar-refractivity contribution in [2.24, 2.45) is 0 Å². The Hall–Kier alpha value is -1.78. The molecule has 5 heteroatoms. The van der Waals surface area contributed by atoms with E-state index in [0.717, 1.165) is 0 Å². The zero-order chi connectivity index (χ0) is 11.4. The van der Waals surface area contributed by atoms with Crippen LogP contribution in [-0.4, -0.2) is 24.8 Å². The SMILES string of the molecule is COc1c(F)cc(C)cc1OCC(=O)O. The molecule has 0 fully saturated rings. The Morgan fingerprint density at radius 1 is 1.53 bits per heavy atom. The molecule has 4 nitrogen and oxygen atoms in total. The smallest absolute Gasteiger partial charge is 0.341 e. The topological polar surface area (TPSA) is 55.8 Å². The quantitative estimate of drug-likeness (QED) is 0.827. The second kappa shape index (κ2) is 4.63. The van der Waals surface area contributed by atoms with Gasteiger partial charge in [0, 0.05) is 0 Å². The summed E-state index contributed by atoms with van der Waals surface area (Å²) in [5.41, 5.74) is 0.633. The van der Waals surface area contributed by atoms with E-state index >= 15 is 0 Å². The van der Waals surface area contributed by atoms with Gasteiger partial charge < -0.3 is 14.6 Å². The van der Waals surface area contributed by atoms with E-state index in [1.54, 1.807) is 6.92 Å². The number of halogens is 1. The monoisotopic (exact) mass is 214 g/mol. The van der Waals surface area contributed by atoms with E-state index in [1.807, 2.05) is 0 Å². The van der Waals surface area contributed by atoms with Crippen molar-refractivity contribution < 1.29 is 23.8 Å². The summed E-state index contributed by atoms with van der Waals surface area (Å²) >= 11 is 0. The molecule has 1 N–H and O–H groups in total. The molecule has 1 aromatic carbocycles. The molecule has 1 rings (SSSR count). The molecular weight excluding hydrogens is 203 g/mol. The van der Waals surface area contributed by atoms with Crippen LogP contribution in [0.4, 0.5) is 4.39 Å². The maximum Gasteiger partial charge on any atom is 0.341 e. The van der Waals surface area contributed by atoms with Crippen LogP contribution in [0.25, 0.3) is 0 Å². The minimum absolute atomic E-state index is 0.0816. The van der Waals surface area contributed by atoms with Gasteiger partial charge in [0.25, 0.3) is 0 Å². The number of aryl methyl sites for hydroxylation is 1. The van der Waals surface area contributed by atoms with Crippen LogP contribution in [0.1, 0.15) is 5.56 Å².